The van der Waals surface area contributed by atoms with Gasteiger partial charge in [-0.15, -0.1) is 0 Å². The van der Waals surface area contributed by atoms with Crippen LogP contribution in [0.2, 0.25) is 20.1 Å². The Morgan fingerprint density at radius 1 is 0.794 bits per heavy atom. The smallest absolute Gasteiger partial charge is 0.326 e. The minimum absolute atomic E-state index is 0.0143. The highest BCUT2D eigenvalue weighted by molar-refractivity contribution is 6.40. The van der Waals surface area contributed by atoms with Crippen LogP contribution in [0.5, 0.6) is 11.5 Å². The fourth-order valence-corrected chi connectivity index (χ4v) is 4.04. The van der Waals surface area contributed by atoms with E-state index in [0.717, 1.165) is 0 Å². The van der Waals surface area contributed by atoms with E-state index in [1.165, 1.54) is 18.2 Å². The molecule has 4 rings (SSSR count). The number of aromatic nitrogens is 1. The maximum atomic E-state index is 12.6. The number of anilines is 1. The predicted octanol–water partition coefficient (Wildman–Crippen LogP) is 7.85. The molecule has 1 heterocycles. The molecule has 0 aliphatic rings. The summed E-state index contributed by atoms with van der Waals surface area (Å²) in [5, 5.41) is 5.92. The Labute approximate surface area is 215 Å². The Kier molecular flexibility index (Phi) is 7.34. The molecular weight excluding hydrogens is 520 g/mol. The molecule has 0 radical (unpaired) electrons. The molecule has 0 bridgehead atoms. The van der Waals surface area contributed by atoms with Gasteiger partial charge in [-0.3, -0.25) is 10.1 Å². The van der Waals surface area contributed by atoms with Crippen LogP contribution in [0.1, 0.15) is 10.4 Å². The molecule has 10 heteroatoms. The third-order valence-electron chi connectivity index (χ3n) is 4.64. The fourth-order valence-electron chi connectivity index (χ4n) is 3.08. The Balaban J connectivity index is 1.63. The van der Waals surface area contributed by atoms with Crippen molar-refractivity contribution in [3.63, 3.8) is 0 Å². The molecule has 0 aliphatic carbocycles. The van der Waals surface area contributed by atoms with Crippen LogP contribution in [0.15, 0.2) is 79.1 Å². The van der Waals surface area contributed by atoms with E-state index in [1.807, 2.05) is 24.5 Å². The number of ether oxygens (including phenoxy) is 1. The second-order valence-corrected chi connectivity index (χ2v) is 8.61. The first-order valence-corrected chi connectivity index (χ1v) is 11.3. The van der Waals surface area contributed by atoms with Crippen molar-refractivity contribution in [3.05, 3.63) is 105 Å². The molecule has 0 aliphatic heterocycles. The quantitative estimate of drug-likeness (QED) is 0.274. The van der Waals surface area contributed by atoms with E-state index < -0.39 is 11.9 Å². The van der Waals surface area contributed by atoms with Gasteiger partial charge in [-0.25, -0.2) is 4.79 Å². The third kappa shape index (κ3) is 5.48. The number of amides is 3. The molecule has 172 valence electrons. The molecule has 3 amide bonds. The van der Waals surface area contributed by atoms with E-state index in [9.17, 15) is 9.59 Å². The van der Waals surface area contributed by atoms with Gasteiger partial charge in [-0.1, -0.05) is 52.5 Å². The Morgan fingerprint density at radius 3 is 2.09 bits per heavy atom. The molecule has 3 aromatic carbocycles. The van der Waals surface area contributed by atoms with Gasteiger partial charge in [0.15, 0.2) is 5.75 Å². The van der Waals surface area contributed by atoms with Crippen LogP contribution >= 0.6 is 46.4 Å². The second-order valence-electron chi connectivity index (χ2n) is 6.95. The second kappa shape index (κ2) is 10.4. The lowest BCUT2D eigenvalue weighted by molar-refractivity contribution is 0.0967. The molecule has 0 spiro atoms. The number of rotatable bonds is 5. The number of hydrogen-bond acceptors (Lipinski definition) is 3. The van der Waals surface area contributed by atoms with Crippen LogP contribution < -0.4 is 15.4 Å². The number of benzene rings is 3. The van der Waals surface area contributed by atoms with E-state index in [1.54, 1.807) is 41.0 Å². The zero-order valence-corrected chi connectivity index (χ0v) is 20.2. The first-order valence-electron chi connectivity index (χ1n) is 9.78. The summed E-state index contributed by atoms with van der Waals surface area (Å²) in [6.07, 6.45) is 3.64. The molecular formula is C24H15Cl4N3O3. The zero-order valence-electron chi connectivity index (χ0n) is 17.2. The van der Waals surface area contributed by atoms with E-state index >= 15 is 0 Å². The molecule has 4 aromatic rings. The van der Waals surface area contributed by atoms with Crippen molar-refractivity contribution in [2.75, 3.05) is 5.32 Å². The summed E-state index contributed by atoms with van der Waals surface area (Å²) < 4.78 is 7.78. The normalized spacial score (nSPS) is 10.6. The summed E-state index contributed by atoms with van der Waals surface area (Å²) in [5.41, 5.74) is 0.839. The highest BCUT2D eigenvalue weighted by Gasteiger charge is 2.19. The van der Waals surface area contributed by atoms with Gasteiger partial charge in [-0.2, -0.15) is 0 Å². The van der Waals surface area contributed by atoms with Crippen molar-refractivity contribution in [3.8, 4) is 17.2 Å². The molecule has 0 unspecified atom stereocenters. The Morgan fingerprint density at radius 2 is 1.44 bits per heavy atom. The van der Waals surface area contributed by atoms with Crippen molar-refractivity contribution >= 4 is 64.0 Å². The third-order valence-corrected chi connectivity index (χ3v) is 5.82. The van der Waals surface area contributed by atoms with Crippen LogP contribution in [-0.4, -0.2) is 16.5 Å². The van der Waals surface area contributed by atoms with Gasteiger partial charge < -0.3 is 14.6 Å². The predicted molar refractivity (Wildman–Crippen MR) is 135 cm³/mol. The summed E-state index contributed by atoms with van der Waals surface area (Å²) in [6.45, 7) is 0. The van der Waals surface area contributed by atoms with E-state index in [4.69, 9.17) is 51.1 Å². The minimum Gasteiger partial charge on any atom is -0.455 e. The largest absolute Gasteiger partial charge is 0.455 e. The molecule has 2 N–H and O–H groups in total. The number of halogens is 4. The van der Waals surface area contributed by atoms with Crippen LogP contribution in [0, 0.1) is 0 Å². The monoisotopic (exact) mass is 533 g/mol. The van der Waals surface area contributed by atoms with E-state index in [-0.39, 0.29) is 27.0 Å². The van der Waals surface area contributed by atoms with Crippen molar-refractivity contribution in [2.45, 2.75) is 0 Å². The molecule has 1 aromatic heterocycles. The van der Waals surface area contributed by atoms with Crippen molar-refractivity contribution in [2.24, 2.45) is 0 Å². The lowest BCUT2D eigenvalue weighted by Gasteiger charge is -2.16. The molecule has 0 fully saturated rings. The van der Waals surface area contributed by atoms with Gasteiger partial charge in [0.1, 0.15) is 5.75 Å². The van der Waals surface area contributed by atoms with Crippen LogP contribution in [-0.2, 0) is 0 Å². The van der Waals surface area contributed by atoms with Gasteiger partial charge in [0.2, 0.25) is 0 Å². The molecule has 0 saturated heterocycles. The number of carbonyl (C=O) groups excluding carboxylic acids is 2. The van der Waals surface area contributed by atoms with E-state index in [0.29, 0.717) is 21.5 Å². The van der Waals surface area contributed by atoms with Crippen molar-refractivity contribution in [1.82, 2.24) is 9.88 Å². The number of nitrogens with one attached hydrogen (secondary N) is 2. The van der Waals surface area contributed by atoms with Gasteiger partial charge in [0.05, 0.1) is 32.0 Å². The van der Waals surface area contributed by atoms with Gasteiger partial charge in [-0.05, 0) is 54.6 Å². The maximum Gasteiger partial charge on any atom is 0.326 e. The standard InChI is InChI=1S/C24H15Cl4N3O3/c25-14-6-8-15(9-7-14)34-21-13-20(31-10-1-2-11-31)18(28)12-19(21)29-24(33)30-23(32)22-16(26)4-3-5-17(22)27/h1-13H,(H2,29,30,32,33). The van der Waals surface area contributed by atoms with Crippen molar-refractivity contribution in [1.29, 1.82) is 0 Å². The topological polar surface area (TPSA) is 72.4 Å². The summed E-state index contributed by atoms with van der Waals surface area (Å²) in [4.78, 5) is 25.2. The molecule has 6 nitrogen and oxygen atoms in total. The average molecular weight is 535 g/mol. The summed E-state index contributed by atoms with van der Waals surface area (Å²) >= 11 is 24.5. The van der Waals surface area contributed by atoms with Crippen LogP contribution in [0.25, 0.3) is 5.69 Å². The van der Waals surface area contributed by atoms with Gasteiger partial charge in [0.25, 0.3) is 5.91 Å². The lowest BCUT2D eigenvalue weighted by atomic mass is 10.2. The SMILES string of the molecule is O=C(NC(=O)c1c(Cl)cccc1Cl)Nc1cc(Cl)c(-n2cccc2)cc1Oc1ccc(Cl)cc1. The Bertz CT molecular complexity index is 1340. The van der Waals surface area contributed by atoms with Crippen molar-refractivity contribution < 1.29 is 14.3 Å². The maximum absolute atomic E-state index is 12.6. The Hall–Kier alpha value is -3.16. The molecule has 34 heavy (non-hydrogen) atoms. The summed E-state index contributed by atoms with van der Waals surface area (Å²) in [7, 11) is 0. The van der Waals surface area contributed by atoms with Crippen LogP contribution in [0.4, 0.5) is 10.5 Å². The van der Waals surface area contributed by atoms with Gasteiger partial charge in [0, 0.05) is 23.5 Å². The van der Waals surface area contributed by atoms with Gasteiger partial charge >= 0.3 is 6.03 Å². The summed E-state index contributed by atoms with van der Waals surface area (Å²) in [6, 6.07) is 17.4. The number of hydrogen-bond donors (Lipinski definition) is 2. The summed E-state index contributed by atoms with van der Waals surface area (Å²) in [5.74, 6) is 0.00434. The first-order chi connectivity index (χ1) is 16.3. The molecule has 0 atom stereocenters. The number of nitrogens with zero attached hydrogens (tertiary/aromatic N) is 1. The highest BCUT2D eigenvalue weighted by atomic mass is 35.5. The minimum atomic E-state index is -0.827. The van der Waals surface area contributed by atoms with E-state index in [2.05, 4.69) is 10.6 Å². The molecule has 0 saturated carbocycles. The first kappa shape index (κ1) is 24.0. The lowest BCUT2D eigenvalue weighted by Crippen LogP contribution is -2.34. The number of urea groups is 1. The van der Waals surface area contributed by atoms with Crippen LogP contribution in [0.3, 0.4) is 0 Å². The average Bonchev–Trinajstić information content (AvgIpc) is 3.31. The number of carbonyl (C=O) groups is 2. The number of imide groups is 1. The fraction of sp³-hybridized carbons (Fsp3) is 0. The zero-order chi connectivity index (χ0) is 24.2. The highest BCUT2D eigenvalue weighted by Crippen LogP contribution is 2.37.